The molecule has 2 aliphatic heterocycles. The summed E-state index contributed by atoms with van der Waals surface area (Å²) in [5, 5.41) is 0. The van der Waals surface area contributed by atoms with E-state index in [4.69, 9.17) is 18.9 Å². The van der Waals surface area contributed by atoms with Crippen LogP contribution in [0.25, 0.3) is 0 Å². The lowest BCUT2D eigenvalue weighted by atomic mass is 10.1. The Hall–Kier alpha value is -1.39. The molecule has 1 aromatic carbocycles. The second kappa shape index (κ2) is 6.01. The molecule has 6 heteroatoms. The predicted octanol–water partition coefficient (Wildman–Crippen LogP) is 2.44. The number of rotatable bonds is 2. The lowest BCUT2D eigenvalue weighted by Gasteiger charge is -2.23. The predicted molar refractivity (Wildman–Crippen MR) is 81.0 cm³/mol. The first-order valence-electron chi connectivity index (χ1n) is 6.88. The van der Waals surface area contributed by atoms with Crippen molar-refractivity contribution in [2.24, 2.45) is 0 Å². The van der Waals surface area contributed by atoms with E-state index >= 15 is 0 Å². The maximum atomic E-state index is 12.3. The smallest absolute Gasteiger partial charge is 0.338 e. The van der Waals surface area contributed by atoms with Crippen LogP contribution in [0.5, 0.6) is 0 Å². The quantitative estimate of drug-likeness (QED) is 0.594. The average Bonchev–Trinajstić information content (AvgIpc) is 2.94. The Morgan fingerprint density at radius 3 is 2.68 bits per heavy atom. The van der Waals surface area contributed by atoms with Gasteiger partial charge in [-0.25, -0.2) is 4.79 Å². The van der Waals surface area contributed by atoms with Crippen molar-refractivity contribution in [1.29, 1.82) is 0 Å². The van der Waals surface area contributed by atoms with E-state index < -0.39 is 36.4 Å². The Kier molecular flexibility index (Phi) is 4.24. The Labute approximate surface area is 137 Å². The van der Waals surface area contributed by atoms with Crippen molar-refractivity contribution in [3.8, 4) is 10.8 Å². The Bertz CT molecular complexity index is 618. The number of esters is 1. The fraction of sp³-hybridized carbons (Fsp3) is 0.438. The molecule has 0 spiro atoms. The highest BCUT2D eigenvalue weighted by atomic mass is 79.9. The highest BCUT2D eigenvalue weighted by Crippen LogP contribution is 2.38. The van der Waals surface area contributed by atoms with Gasteiger partial charge in [0.05, 0.1) is 5.56 Å². The first-order chi connectivity index (χ1) is 10.5. The van der Waals surface area contributed by atoms with Gasteiger partial charge in [0, 0.05) is 15.9 Å². The fourth-order valence-corrected chi connectivity index (χ4v) is 2.77. The van der Waals surface area contributed by atoms with Crippen LogP contribution in [-0.4, -0.2) is 36.4 Å². The number of ether oxygens (including phenoxy) is 4. The van der Waals surface area contributed by atoms with Crippen molar-refractivity contribution >= 4 is 21.9 Å². The lowest BCUT2D eigenvalue weighted by Crippen LogP contribution is -2.38. The minimum absolute atomic E-state index is 0.440. The molecule has 2 fully saturated rings. The SMILES string of the molecule is CC1(C)O[C@H]2O[C@H](C#CBr)[C@@H](OC(=O)c3ccccc3)[C@H]2O1. The van der Waals surface area contributed by atoms with Crippen LogP contribution in [0.15, 0.2) is 30.3 Å². The summed E-state index contributed by atoms with van der Waals surface area (Å²) in [5.41, 5.74) is 0.467. The zero-order valence-electron chi connectivity index (χ0n) is 12.1. The third kappa shape index (κ3) is 3.03. The molecule has 4 atom stereocenters. The maximum absolute atomic E-state index is 12.3. The van der Waals surface area contributed by atoms with Crippen LogP contribution in [0.3, 0.4) is 0 Å². The van der Waals surface area contributed by atoms with Gasteiger partial charge in [-0.1, -0.05) is 24.1 Å². The van der Waals surface area contributed by atoms with Gasteiger partial charge in [0.25, 0.3) is 0 Å². The summed E-state index contributed by atoms with van der Waals surface area (Å²) >= 11 is 3.04. The number of hydrogen-bond donors (Lipinski definition) is 0. The summed E-state index contributed by atoms with van der Waals surface area (Å²) < 4.78 is 22.7. The van der Waals surface area contributed by atoms with E-state index in [1.807, 2.05) is 6.07 Å². The number of hydrogen-bond acceptors (Lipinski definition) is 5. The van der Waals surface area contributed by atoms with Crippen molar-refractivity contribution < 1.29 is 23.7 Å². The number of carbonyl (C=O) groups excluding carboxylic acids is 1. The molecule has 0 radical (unpaired) electrons. The fourth-order valence-electron chi connectivity index (χ4n) is 2.54. The third-order valence-electron chi connectivity index (χ3n) is 3.44. The molecule has 0 amide bonds. The number of carbonyl (C=O) groups is 1. The summed E-state index contributed by atoms with van der Waals surface area (Å²) in [5.74, 6) is 1.60. The number of fused-ring (bicyclic) bond motifs is 1. The van der Waals surface area contributed by atoms with Crippen molar-refractivity contribution in [2.45, 2.75) is 44.2 Å². The van der Waals surface area contributed by atoms with E-state index in [0.717, 1.165) is 0 Å². The minimum atomic E-state index is -0.778. The lowest BCUT2D eigenvalue weighted by molar-refractivity contribution is -0.208. The molecule has 116 valence electrons. The highest BCUT2D eigenvalue weighted by Gasteiger charge is 2.56. The molecule has 0 saturated carbocycles. The summed E-state index contributed by atoms with van der Waals surface area (Å²) in [6, 6.07) is 8.77. The van der Waals surface area contributed by atoms with Gasteiger partial charge in [-0.15, -0.1) is 0 Å². The van der Waals surface area contributed by atoms with E-state index in [1.165, 1.54) is 0 Å². The van der Waals surface area contributed by atoms with Crippen LogP contribution < -0.4 is 0 Å². The van der Waals surface area contributed by atoms with Gasteiger partial charge >= 0.3 is 5.97 Å². The second-order valence-electron chi connectivity index (χ2n) is 5.50. The molecule has 3 rings (SSSR count). The number of benzene rings is 1. The first-order valence-corrected chi connectivity index (χ1v) is 7.68. The summed E-state index contributed by atoms with van der Waals surface area (Å²) in [7, 11) is 0. The molecule has 0 aromatic heterocycles. The summed E-state index contributed by atoms with van der Waals surface area (Å²) in [6.45, 7) is 3.58. The van der Waals surface area contributed by atoms with E-state index in [0.29, 0.717) is 5.56 Å². The van der Waals surface area contributed by atoms with Crippen LogP contribution >= 0.6 is 15.9 Å². The zero-order chi connectivity index (χ0) is 15.7. The van der Waals surface area contributed by atoms with Gasteiger partial charge in [0.2, 0.25) is 0 Å². The number of halogens is 1. The maximum Gasteiger partial charge on any atom is 0.338 e. The summed E-state index contributed by atoms with van der Waals surface area (Å²) in [6.07, 6.45) is -2.34. The van der Waals surface area contributed by atoms with Crippen LogP contribution in [0.4, 0.5) is 0 Å². The molecule has 0 unspecified atom stereocenters. The molecular weight excluding hydrogens is 352 g/mol. The Morgan fingerprint density at radius 2 is 2.00 bits per heavy atom. The molecule has 2 heterocycles. The van der Waals surface area contributed by atoms with Crippen LogP contribution in [-0.2, 0) is 18.9 Å². The minimum Gasteiger partial charge on any atom is -0.452 e. The first kappa shape index (κ1) is 15.5. The van der Waals surface area contributed by atoms with Gasteiger partial charge in [-0.3, -0.25) is 0 Å². The molecule has 0 aliphatic carbocycles. The van der Waals surface area contributed by atoms with E-state index in [-0.39, 0.29) is 0 Å². The molecule has 0 N–H and O–H groups in total. The van der Waals surface area contributed by atoms with Gasteiger partial charge in [0.15, 0.2) is 30.4 Å². The molecule has 1 aromatic rings. The Balaban J connectivity index is 1.79. The van der Waals surface area contributed by atoms with Crippen molar-refractivity contribution in [3.05, 3.63) is 35.9 Å². The van der Waals surface area contributed by atoms with Gasteiger partial charge < -0.3 is 18.9 Å². The third-order valence-corrected chi connectivity index (χ3v) is 3.67. The van der Waals surface area contributed by atoms with E-state index in [1.54, 1.807) is 38.1 Å². The topological polar surface area (TPSA) is 54.0 Å². The van der Waals surface area contributed by atoms with E-state index in [2.05, 4.69) is 26.7 Å². The standard InChI is InChI=1S/C16H15BrO5/c1-16(2)21-13-12(11(8-9-17)19-15(13)22-16)20-14(18)10-6-4-3-5-7-10/h3-7,11-13,15H,1-2H3/t11-,12-,13-,15-/m1/s1. The van der Waals surface area contributed by atoms with Gasteiger partial charge in [-0.2, -0.15) is 0 Å². The molecule has 2 saturated heterocycles. The van der Waals surface area contributed by atoms with Crippen LogP contribution in [0.1, 0.15) is 24.2 Å². The normalized spacial score (nSPS) is 32.0. The highest BCUT2D eigenvalue weighted by molar-refractivity contribution is 9.12. The zero-order valence-corrected chi connectivity index (χ0v) is 13.7. The largest absolute Gasteiger partial charge is 0.452 e. The monoisotopic (exact) mass is 366 g/mol. The molecular formula is C16H15BrO5. The van der Waals surface area contributed by atoms with Crippen LogP contribution in [0.2, 0.25) is 0 Å². The summed E-state index contributed by atoms with van der Waals surface area (Å²) in [4.78, 5) is 14.9. The van der Waals surface area contributed by atoms with Crippen molar-refractivity contribution in [2.75, 3.05) is 0 Å². The van der Waals surface area contributed by atoms with Crippen LogP contribution in [0, 0.1) is 10.8 Å². The molecule has 0 bridgehead atoms. The molecule has 22 heavy (non-hydrogen) atoms. The van der Waals surface area contributed by atoms with E-state index in [9.17, 15) is 4.79 Å². The van der Waals surface area contributed by atoms with Gasteiger partial charge in [-0.05, 0) is 30.8 Å². The average molecular weight is 367 g/mol. The van der Waals surface area contributed by atoms with Crippen molar-refractivity contribution in [1.82, 2.24) is 0 Å². The van der Waals surface area contributed by atoms with Crippen molar-refractivity contribution in [3.63, 3.8) is 0 Å². The van der Waals surface area contributed by atoms with Gasteiger partial charge in [0.1, 0.15) is 0 Å². The molecule has 2 aliphatic rings. The molecule has 5 nitrogen and oxygen atoms in total. The second-order valence-corrected chi connectivity index (χ2v) is 5.90. The Morgan fingerprint density at radius 1 is 1.27 bits per heavy atom.